The van der Waals surface area contributed by atoms with Crippen LogP contribution in [0.1, 0.15) is 0 Å². The van der Waals surface area contributed by atoms with Gasteiger partial charge in [0.15, 0.2) is 0 Å². The van der Waals surface area contributed by atoms with Gasteiger partial charge in [-0.2, -0.15) is 0 Å². The Labute approximate surface area is 128 Å². The SMILES string of the molecule is NNc1cc(Nc2ccc(Cl)cc2Br)cc([N+](=O)[O-])c1. The van der Waals surface area contributed by atoms with Crippen molar-refractivity contribution in [3.05, 3.63) is 56.0 Å². The van der Waals surface area contributed by atoms with Crippen LogP contribution in [0.5, 0.6) is 0 Å². The number of nitrogen functional groups attached to an aromatic ring is 1. The summed E-state index contributed by atoms with van der Waals surface area (Å²) in [6.07, 6.45) is 0. The van der Waals surface area contributed by atoms with Gasteiger partial charge in [0.1, 0.15) is 0 Å². The maximum atomic E-state index is 10.9. The first-order valence-electron chi connectivity index (χ1n) is 5.48. The first-order chi connectivity index (χ1) is 9.49. The summed E-state index contributed by atoms with van der Waals surface area (Å²) >= 11 is 9.23. The number of nitrogens with zero attached hydrogens (tertiary/aromatic N) is 1. The molecule has 20 heavy (non-hydrogen) atoms. The molecule has 6 nitrogen and oxygen atoms in total. The van der Waals surface area contributed by atoms with Crippen molar-refractivity contribution in [2.24, 2.45) is 5.84 Å². The second kappa shape index (κ2) is 6.08. The summed E-state index contributed by atoms with van der Waals surface area (Å²) in [5.74, 6) is 5.30. The van der Waals surface area contributed by atoms with Gasteiger partial charge >= 0.3 is 0 Å². The Bertz CT molecular complexity index is 666. The highest BCUT2D eigenvalue weighted by Crippen LogP contribution is 2.31. The van der Waals surface area contributed by atoms with Crippen LogP contribution in [0.25, 0.3) is 0 Å². The lowest BCUT2D eigenvalue weighted by molar-refractivity contribution is -0.384. The van der Waals surface area contributed by atoms with Gasteiger partial charge in [0, 0.05) is 27.3 Å². The zero-order valence-corrected chi connectivity index (χ0v) is 12.4. The van der Waals surface area contributed by atoms with E-state index in [0.717, 1.165) is 10.2 Å². The molecule has 0 radical (unpaired) electrons. The van der Waals surface area contributed by atoms with Crippen LogP contribution < -0.4 is 16.6 Å². The van der Waals surface area contributed by atoms with Crippen LogP contribution >= 0.6 is 27.5 Å². The zero-order valence-electron chi connectivity index (χ0n) is 10.1. The molecule has 2 rings (SSSR count). The third-order valence-corrected chi connectivity index (χ3v) is 3.40. The fraction of sp³-hybridized carbons (Fsp3) is 0. The molecule has 0 spiro atoms. The van der Waals surface area contributed by atoms with Crippen molar-refractivity contribution in [3.8, 4) is 0 Å². The predicted molar refractivity (Wildman–Crippen MR) is 83.3 cm³/mol. The molecule has 0 heterocycles. The van der Waals surface area contributed by atoms with E-state index in [2.05, 4.69) is 26.7 Å². The summed E-state index contributed by atoms with van der Waals surface area (Å²) in [4.78, 5) is 10.4. The van der Waals surface area contributed by atoms with Gasteiger partial charge in [0.05, 0.1) is 16.3 Å². The van der Waals surface area contributed by atoms with Gasteiger partial charge in [-0.25, -0.2) is 0 Å². The summed E-state index contributed by atoms with van der Waals surface area (Å²) in [5, 5.41) is 14.5. The van der Waals surface area contributed by atoms with E-state index in [0.29, 0.717) is 16.4 Å². The molecule has 8 heteroatoms. The van der Waals surface area contributed by atoms with E-state index in [4.69, 9.17) is 17.4 Å². The molecular formula is C12H10BrClN4O2. The topological polar surface area (TPSA) is 93.2 Å². The van der Waals surface area contributed by atoms with Crippen LogP contribution in [-0.4, -0.2) is 4.92 Å². The maximum absolute atomic E-state index is 10.9. The minimum absolute atomic E-state index is 0.0620. The first kappa shape index (κ1) is 14.6. The number of nitrogens with one attached hydrogen (secondary N) is 2. The van der Waals surface area contributed by atoms with Crippen molar-refractivity contribution in [1.29, 1.82) is 0 Å². The number of nitro benzene ring substituents is 1. The van der Waals surface area contributed by atoms with E-state index in [-0.39, 0.29) is 5.69 Å². The molecule has 0 aliphatic carbocycles. The van der Waals surface area contributed by atoms with Crippen molar-refractivity contribution < 1.29 is 4.92 Å². The lowest BCUT2D eigenvalue weighted by atomic mass is 10.2. The Kier molecular flexibility index (Phi) is 4.43. The van der Waals surface area contributed by atoms with Crippen molar-refractivity contribution in [3.63, 3.8) is 0 Å². The number of rotatable bonds is 4. The van der Waals surface area contributed by atoms with Crippen molar-refractivity contribution in [1.82, 2.24) is 0 Å². The van der Waals surface area contributed by atoms with E-state index >= 15 is 0 Å². The lowest BCUT2D eigenvalue weighted by Gasteiger charge is -2.10. The van der Waals surface area contributed by atoms with Crippen LogP contribution in [-0.2, 0) is 0 Å². The average molecular weight is 358 g/mol. The molecule has 0 fully saturated rings. The van der Waals surface area contributed by atoms with Gasteiger partial charge in [-0.1, -0.05) is 11.6 Å². The fourth-order valence-electron chi connectivity index (χ4n) is 1.62. The Morgan fingerprint density at radius 2 is 1.90 bits per heavy atom. The van der Waals surface area contributed by atoms with Crippen LogP contribution in [0, 0.1) is 10.1 Å². The zero-order chi connectivity index (χ0) is 14.7. The van der Waals surface area contributed by atoms with E-state index in [9.17, 15) is 10.1 Å². The minimum atomic E-state index is -0.483. The number of hydrogen-bond donors (Lipinski definition) is 3. The third-order valence-electron chi connectivity index (χ3n) is 2.51. The third kappa shape index (κ3) is 3.38. The second-order valence-corrected chi connectivity index (χ2v) is 5.21. The summed E-state index contributed by atoms with van der Waals surface area (Å²) < 4.78 is 0.749. The number of anilines is 3. The van der Waals surface area contributed by atoms with Crippen molar-refractivity contribution in [2.75, 3.05) is 10.7 Å². The molecule has 0 bridgehead atoms. The molecule has 0 amide bonds. The molecule has 0 aromatic heterocycles. The summed E-state index contributed by atoms with van der Waals surface area (Å²) in [5.41, 5.74) is 4.04. The predicted octanol–water partition coefficient (Wildman–Crippen LogP) is 4.04. The van der Waals surface area contributed by atoms with Crippen molar-refractivity contribution in [2.45, 2.75) is 0 Å². The van der Waals surface area contributed by atoms with E-state index in [1.54, 1.807) is 24.3 Å². The largest absolute Gasteiger partial charge is 0.354 e. The number of hydrogen-bond acceptors (Lipinski definition) is 5. The molecule has 2 aromatic carbocycles. The van der Waals surface area contributed by atoms with Crippen molar-refractivity contribution >= 4 is 50.3 Å². The van der Waals surface area contributed by atoms with Gasteiger partial charge in [-0.05, 0) is 40.2 Å². The molecule has 0 aliphatic rings. The van der Waals surface area contributed by atoms with Crippen LogP contribution in [0.2, 0.25) is 5.02 Å². The Hall–Kier alpha value is -1.83. The fourth-order valence-corrected chi connectivity index (χ4v) is 2.40. The molecule has 4 N–H and O–H groups in total. The highest BCUT2D eigenvalue weighted by atomic mass is 79.9. The Balaban J connectivity index is 2.37. The maximum Gasteiger partial charge on any atom is 0.273 e. The molecular weight excluding hydrogens is 348 g/mol. The van der Waals surface area contributed by atoms with Gasteiger partial charge in [-0.3, -0.25) is 16.0 Å². The van der Waals surface area contributed by atoms with Crippen LogP contribution in [0.4, 0.5) is 22.7 Å². The van der Waals surface area contributed by atoms with Crippen LogP contribution in [0.15, 0.2) is 40.9 Å². The van der Waals surface area contributed by atoms with E-state index in [1.165, 1.54) is 12.1 Å². The molecule has 2 aromatic rings. The van der Waals surface area contributed by atoms with Gasteiger partial charge in [0.2, 0.25) is 0 Å². The number of benzene rings is 2. The highest BCUT2D eigenvalue weighted by molar-refractivity contribution is 9.10. The number of halogens is 2. The monoisotopic (exact) mass is 356 g/mol. The smallest absolute Gasteiger partial charge is 0.273 e. The molecule has 0 aliphatic heterocycles. The van der Waals surface area contributed by atoms with Crippen LogP contribution in [0.3, 0.4) is 0 Å². The number of nitro groups is 1. The highest BCUT2D eigenvalue weighted by Gasteiger charge is 2.10. The molecule has 0 saturated carbocycles. The molecule has 104 valence electrons. The quantitative estimate of drug-likeness (QED) is 0.436. The number of nitrogens with two attached hydrogens (primary N) is 1. The summed E-state index contributed by atoms with van der Waals surface area (Å²) in [6.45, 7) is 0. The average Bonchev–Trinajstić information content (AvgIpc) is 2.41. The molecule has 0 saturated heterocycles. The summed E-state index contributed by atoms with van der Waals surface area (Å²) in [7, 11) is 0. The van der Waals surface area contributed by atoms with E-state index in [1.807, 2.05) is 0 Å². The summed E-state index contributed by atoms with van der Waals surface area (Å²) in [6, 6.07) is 9.64. The Morgan fingerprint density at radius 3 is 2.50 bits per heavy atom. The second-order valence-electron chi connectivity index (χ2n) is 3.92. The first-order valence-corrected chi connectivity index (χ1v) is 6.65. The normalized spacial score (nSPS) is 10.2. The lowest BCUT2D eigenvalue weighted by Crippen LogP contribution is -2.07. The molecule has 0 unspecified atom stereocenters. The van der Waals surface area contributed by atoms with Gasteiger partial charge in [0.25, 0.3) is 5.69 Å². The number of non-ortho nitro benzene ring substituents is 1. The standard InChI is InChI=1S/C12H10BrClN4O2/c13-11-3-7(14)1-2-12(11)16-8-4-9(17-15)6-10(5-8)18(19)20/h1-6,16-17H,15H2. The number of hydrazine groups is 1. The molecule has 0 atom stereocenters. The Morgan fingerprint density at radius 1 is 1.20 bits per heavy atom. The minimum Gasteiger partial charge on any atom is -0.354 e. The van der Waals surface area contributed by atoms with Gasteiger partial charge < -0.3 is 10.7 Å². The van der Waals surface area contributed by atoms with Gasteiger partial charge in [-0.15, -0.1) is 0 Å². The van der Waals surface area contributed by atoms with E-state index < -0.39 is 4.92 Å².